The zero-order chi connectivity index (χ0) is 13.0. The van der Waals surface area contributed by atoms with E-state index >= 15 is 0 Å². The van der Waals surface area contributed by atoms with Crippen molar-refractivity contribution in [1.29, 1.82) is 0 Å². The van der Waals surface area contributed by atoms with E-state index < -0.39 is 6.10 Å². The topological polar surface area (TPSA) is 58.4 Å². The number of nitrogens with zero attached hydrogens (tertiary/aromatic N) is 3. The number of hydrogen-bond donors (Lipinski definition) is 1. The fourth-order valence-electron chi connectivity index (χ4n) is 2.21. The van der Waals surface area contributed by atoms with Crippen molar-refractivity contribution in [3.05, 3.63) is 22.6 Å². The molecule has 5 nitrogen and oxygen atoms in total. The molecule has 1 aliphatic heterocycles. The van der Waals surface area contributed by atoms with Crippen molar-refractivity contribution in [2.24, 2.45) is 0 Å². The highest BCUT2D eigenvalue weighted by atomic mass is 16.3. The van der Waals surface area contributed by atoms with Crippen LogP contribution in [0.15, 0.2) is 17.1 Å². The summed E-state index contributed by atoms with van der Waals surface area (Å²) in [5, 5.41) is 13.7. The standard InChI is InChI=1S/C13H21N3O2/c1-2-12(17)10-16-13(18)8-11(9-14-16)15-6-4-3-5-7-15/h8-9,12,17H,2-7,10H2,1H3. The van der Waals surface area contributed by atoms with Gasteiger partial charge in [-0.05, 0) is 25.7 Å². The van der Waals surface area contributed by atoms with Crippen molar-refractivity contribution in [3.63, 3.8) is 0 Å². The molecule has 0 amide bonds. The van der Waals surface area contributed by atoms with Gasteiger partial charge in [0, 0.05) is 19.2 Å². The zero-order valence-electron chi connectivity index (χ0n) is 10.9. The van der Waals surface area contributed by atoms with E-state index in [0.29, 0.717) is 6.42 Å². The molecule has 0 spiro atoms. The van der Waals surface area contributed by atoms with Crippen LogP contribution < -0.4 is 10.5 Å². The van der Waals surface area contributed by atoms with Crippen molar-refractivity contribution in [2.75, 3.05) is 18.0 Å². The Labute approximate surface area is 107 Å². The van der Waals surface area contributed by atoms with E-state index in [1.54, 1.807) is 12.3 Å². The van der Waals surface area contributed by atoms with Gasteiger partial charge >= 0.3 is 0 Å². The Balaban J connectivity index is 2.11. The van der Waals surface area contributed by atoms with Gasteiger partial charge in [0.25, 0.3) is 5.56 Å². The minimum absolute atomic E-state index is 0.134. The van der Waals surface area contributed by atoms with E-state index in [4.69, 9.17) is 0 Å². The van der Waals surface area contributed by atoms with E-state index in [2.05, 4.69) is 10.00 Å². The third kappa shape index (κ3) is 3.10. The Hall–Kier alpha value is -1.36. The minimum atomic E-state index is -0.504. The fraction of sp³-hybridized carbons (Fsp3) is 0.692. The van der Waals surface area contributed by atoms with E-state index in [9.17, 15) is 9.90 Å². The molecule has 0 aliphatic carbocycles. The zero-order valence-corrected chi connectivity index (χ0v) is 10.9. The largest absolute Gasteiger partial charge is 0.391 e. The van der Waals surface area contributed by atoms with Gasteiger partial charge in [-0.3, -0.25) is 4.79 Å². The average molecular weight is 251 g/mol. The highest BCUT2D eigenvalue weighted by Gasteiger charge is 2.13. The second kappa shape index (κ2) is 6.00. The molecule has 100 valence electrons. The lowest BCUT2D eigenvalue weighted by Gasteiger charge is -2.28. The maximum absolute atomic E-state index is 11.9. The number of hydrogen-bond acceptors (Lipinski definition) is 4. The first kappa shape index (κ1) is 13.1. The molecule has 1 unspecified atom stereocenters. The molecule has 0 radical (unpaired) electrons. The predicted octanol–water partition coefficient (Wildman–Crippen LogP) is 1.00. The Morgan fingerprint density at radius 3 is 2.72 bits per heavy atom. The SMILES string of the molecule is CCC(O)Cn1ncc(N2CCCCC2)cc1=O. The van der Waals surface area contributed by atoms with Gasteiger partial charge in [0.05, 0.1) is 24.5 Å². The third-order valence-corrected chi connectivity index (χ3v) is 3.43. The molecule has 1 fully saturated rings. The molecule has 2 rings (SSSR count). The fourth-order valence-corrected chi connectivity index (χ4v) is 2.21. The first-order valence-electron chi connectivity index (χ1n) is 6.71. The lowest BCUT2D eigenvalue weighted by Crippen LogP contribution is -2.33. The van der Waals surface area contributed by atoms with Crippen molar-refractivity contribution >= 4 is 5.69 Å². The van der Waals surface area contributed by atoms with Gasteiger partial charge in [-0.25, -0.2) is 4.68 Å². The first-order chi connectivity index (χ1) is 8.70. The van der Waals surface area contributed by atoms with Crippen LogP contribution >= 0.6 is 0 Å². The highest BCUT2D eigenvalue weighted by molar-refractivity contribution is 5.43. The summed E-state index contributed by atoms with van der Waals surface area (Å²) in [6.07, 6.45) is 5.48. The summed E-state index contributed by atoms with van der Waals surface area (Å²) in [6, 6.07) is 1.63. The number of aliphatic hydroxyl groups is 1. The molecule has 0 saturated carbocycles. The van der Waals surface area contributed by atoms with Gasteiger partial charge in [-0.2, -0.15) is 5.10 Å². The van der Waals surface area contributed by atoms with E-state index in [1.807, 2.05) is 6.92 Å². The van der Waals surface area contributed by atoms with Gasteiger partial charge in [0.15, 0.2) is 0 Å². The lowest BCUT2D eigenvalue weighted by atomic mass is 10.1. The molecule has 5 heteroatoms. The number of aromatic nitrogens is 2. The maximum atomic E-state index is 11.9. The second-order valence-corrected chi connectivity index (χ2v) is 4.84. The predicted molar refractivity (Wildman–Crippen MR) is 70.9 cm³/mol. The molecule has 1 aliphatic rings. The van der Waals surface area contributed by atoms with Crippen molar-refractivity contribution in [3.8, 4) is 0 Å². The van der Waals surface area contributed by atoms with Crippen molar-refractivity contribution in [2.45, 2.75) is 45.3 Å². The van der Waals surface area contributed by atoms with Gasteiger partial charge < -0.3 is 10.0 Å². The smallest absolute Gasteiger partial charge is 0.268 e. The molecular weight excluding hydrogens is 230 g/mol. The van der Waals surface area contributed by atoms with E-state index in [1.165, 1.54) is 23.9 Å². The lowest BCUT2D eigenvalue weighted by molar-refractivity contribution is 0.143. The molecule has 1 saturated heterocycles. The summed E-state index contributed by atoms with van der Waals surface area (Å²) in [5.41, 5.74) is 0.771. The Kier molecular flexibility index (Phi) is 4.36. The van der Waals surface area contributed by atoms with Crippen LogP contribution in [0.1, 0.15) is 32.6 Å². The van der Waals surface area contributed by atoms with Crippen LogP contribution in [-0.2, 0) is 6.54 Å². The highest BCUT2D eigenvalue weighted by Crippen LogP contribution is 2.16. The van der Waals surface area contributed by atoms with Crippen molar-refractivity contribution < 1.29 is 5.11 Å². The summed E-state index contributed by atoms with van der Waals surface area (Å²) in [4.78, 5) is 14.1. The summed E-state index contributed by atoms with van der Waals surface area (Å²) in [7, 11) is 0. The van der Waals surface area contributed by atoms with Crippen LogP contribution in [0.2, 0.25) is 0 Å². The number of anilines is 1. The van der Waals surface area contributed by atoms with Crippen LogP contribution in [0.5, 0.6) is 0 Å². The molecule has 1 aromatic heterocycles. The van der Waals surface area contributed by atoms with Crippen LogP contribution in [-0.4, -0.2) is 34.1 Å². The van der Waals surface area contributed by atoms with Crippen LogP contribution in [0, 0.1) is 0 Å². The molecule has 0 aromatic carbocycles. The van der Waals surface area contributed by atoms with Gasteiger partial charge in [-0.15, -0.1) is 0 Å². The van der Waals surface area contributed by atoms with Crippen LogP contribution in [0.25, 0.3) is 0 Å². The van der Waals surface area contributed by atoms with Crippen LogP contribution in [0.4, 0.5) is 5.69 Å². The molecule has 0 bridgehead atoms. The number of piperidine rings is 1. The first-order valence-corrected chi connectivity index (χ1v) is 6.71. The number of rotatable bonds is 4. The monoisotopic (exact) mass is 251 g/mol. The summed E-state index contributed by atoms with van der Waals surface area (Å²) in [5.74, 6) is 0. The third-order valence-electron chi connectivity index (χ3n) is 3.43. The average Bonchev–Trinajstić information content (AvgIpc) is 2.42. The van der Waals surface area contributed by atoms with Gasteiger partial charge in [0.1, 0.15) is 0 Å². The quantitative estimate of drug-likeness (QED) is 0.867. The Morgan fingerprint density at radius 2 is 2.11 bits per heavy atom. The molecule has 18 heavy (non-hydrogen) atoms. The normalized spacial score (nSPS) is 17.8. The van der Waals surface area contributed by atoms with E-state index in [-0.39, 0.29) is 12.1 Å². The van der Waals surface area contributed by atoms with Crippen molar-refractivity contribution in [1.82, 2.24) is 9.78 Å². The molecule has 2 heterocycles. The Morgan fingerprint density at radius 1 is 1.39 bits per heavy atom. The van der Waals surface area contributed by atoms with Gasteiger partial charge in [-0.1, -0.05) is 6.92 Å². The second-order valence-electron chi connectivity index (χ2n) is 4.84. The molecular formula is C13H21N3O2. The Bertz CT molecular complexity index is 438. The maximum Gasteiger partial charge on any atom is 0.268 e. The summed E-state index contributed by atoms with van der Waals surface area (Å²) >= 11 is 0. The van der Waals surface area contributed by atoms with Crippen LogP contribution in [0.3, 0.4) is 0 Å². The van der Waals surface area contributed by atoms with E-state index in [0.717, 1.165) is 18.8 Å². The molecule has 1 aromatic rings. The summed E-state index contributed by atoms with van der Waals surface area (Å²) in [6.45, 7) is 4.17. The summed E-state index contributed by atoms with van der Waals surface area (Å²) < 4.78 is 1.33. The number of aliphatic hydroxyl groups excluding tert-OH is 1. The minimum Gasteiger partial charge on any atom is -0.391 e. The van der Waals surface area contributed by atoms with Gasteiger partial charge in [0.2, 0.25) is 0 Å². The molecule has 1 N–H and O–H groups in total. The molecule has 1 atom stereocenters.